The summed E-state index contributed by atoms with van der Waals surface area (Å²) in [5, 5.41) is 21.6. The summed E-state index contributed by atoms with van der Waals surface area (Å²) < 4.78 is 0. The molecule has 0 spiro atoms. The molecule has 4 nitrogen and oxygen atoms in total. The van der Waals surface area contributed by atoms with E-state index in [1.807, 2.05) is 18.2 Å². The van der Waals surface area contributed by atoms with Crippen LogP contribution in [-0.4, -0.2) is 21.0 Å². The highest BCUT2D eigenvalue weighted by atomic mass is 16.4. The summed E-state index contributed by atoms with van der Waals surface area (Å²) in [7, 11) is 0. The fourth-order valence-electron chi connectivity index (χ4n) is 3.26. The first-order valence-electron chi connectivity index (χ1n) is 6.53. The molecular formula is C16H13NO3. The van der Waals surface area contributed by atoms with E-state index in [1.165, 1.54) is 4.90 Å². The molecular weight excluding hydrogens is 254 g/mol. The predicted molar refractivity (Wildman–Crippen MR) is 71.6 cm³/mol. The van der Waals surface area contributed by atoms with E-state index in [2.05, 4.69) is 0 Å². The van der Waals surface area contributed by atoms with Gasteiger partial charge < -0.3 is 10.2 Å². The Kier molecular flexibility index (Phi) is 2.14. The number of benzene rings is 2. The quantitative estimate of drug-likeness (QED) is 0.761. The van der Waals surface area contributed by atoms with Crippen molar-refractivity contribution in [2.45, 2.75) is 18.4 Å². The molecule has 2 aromatic carbocycles. The number of hydrogen-bond donors (Lipinski definition) is 2. The Hall–Kier alpha value is -2.17. The standard InChI is InChI=1S/C16H13NO3/c18-14-11-6-2-1-5-10(11)9-17-15(19)12-7-3-4-8-13(12)16(14,17)20/h1-8,14,18,20H,9H2. The molecule has 100 valence electrons. The van der Waals surface area contributed by atoms with E-state index in [4.69, 9.17) is 0 Å². The minimum absolute atomic E-state index is 0.239. The Balaban J connectivity index is 1.98. The van der Waals surface area contributed by atoms with Crippen LogP contribution in [-0.2, 0) is 12.3 Å². The number of hydrogen-bond acceptors (Lipinski definition) is 3. The molecule has 4 heteroatoms. The molecule has 2 heterocycles. The lowest BCUT2D eigenvalue weighted by Gasteiger charge is -2.42. The highest BCUT2D eigenvalue weighted by molar-refractivity contribution is 6.00. The number of amides is 1. The molecule has 0 aliphatic carbocycles. The number of nitrogens with zero attached hydrogens (tertiary/aromatic N) is 1. The molecule has 1 amide bonds. The van der Waals surface area contributed by atoms with Gasteiger partial charge in [0.15, 0.2) is 5.72 Å². The normalized spacial score (nSPS) is 27.0. The summed E-state index contributed by atoms with van der Waals surface area (Å²) in [5.74, 6) is -0.239. The second-order valence-corrected chi connectivity index (χ2v) is 5.26. The zero-order valence-electron chi connectivity index (χ0n) is 10.7. The average molecular weight is 267 g/mol. The van der Waals surface area contributed by atoms with E-state index in [-0.39, 0.29) is 5.91 Å². The average Bonchev–Trinajstić information content (AvgIpc) is 2.71. The van der Waals surface area contributed by atoms with Crippen molar-refractivity contribution in [3.05, 3.63) is 70.8 Å². The van der Waals surface area contributed by atoms with Gasteiger partial charge in [-0.2, -0.15) is 0 Å². The Morgan fingerprint density at radius 2 is 1.80 bits per heavy atom. The molecule has 0 aromatic heterocycles. The monoisotopic (exact) mass is 267 g/mol. The Labute approximate surface area is 115 Å². The van der Waals surface area contributed by atoms with Gasteiger partial charge in [-0.25, -0.2) is 0 Å². The molecule has 0 fully saturated rings. The van der Waals surface area contributed by atoms with Crippen LogP contribution in [0.15, 0.2) is 48.5 Å². The van der Waals surface area contributed by atoms with Gasteiger partial charge in [0.2, 0.25) is 0 Å². The molecule has 0 radical (unpaired) electrons. The lowest BCUT2D eigenvalue weighted by atomic mass is 9.86. The van der Waals surface area contributed by atoms with E-state index < -0.39 is 11.8 Å². The first-order chi connectivity index (χ1) is 9.64. The minimum Gasteiger partial charge on any atom is -0.383 e. The van der Waals surface area contributed by atoms with Gasteiger partial charge in [0.1, 0.15) is 6.10 Å². The second-order valence-electron chi connectivity index (χ2n) is 5.26. The first-order valence-corrected chi connectivity index (χ1v) is 6.53. The highest BCUT2D eigenvalue weighted by Crippen LogP contribution is 2.49. The fourth-order valence-corrected chi connectivity index (χ4v) is 3.26. The summed E-state index contributed by atoms with van der Waals surface area (Å²) in [4.78, 5) is 13.8. The van der Waals surface area contributed by atoms with Crippen molar-refractivity contribution >= 4 is 5.91 Å². The number of carbonyl (C=O) groups is 1. The smallest absolute Gasteiger partial charge is 0.257 e. The van der Waals surface area contributed by atoms with E-state index in [9.17, 15) is 15.0 Å². The third-order valence-electron chi connectivity index (χ3n) is 4.27. The van der Waals surface area contributed by atoms with Gasteiger partial charge in [-0.15, -0.1) is 0 Å². The Morgan fingerprint density at radius 3 is 2.65 bits per heavy atom. The van der Waals surface area contributed by atoms with Gasteiger partial charge in [0.25, 0.3) is 5.91 Å². The molecule has 2 N–H and O–H groups in total. The van der Waals surface area contributed by atoms with Crippen LogP contribution in [0.5, 0.6) is 0 Å². The molecule has 2 atom stereocenters. The molecule has 2 aliphatic rings. The molecule has 4 rings (SSSR count). The van der Waals surface area contributed by atoms with Gasteiger partial charge in [-0.3, -0.25) is 9.69 Å². The molecule has 20 heavy (non-hydrogen) atoms. The summed E-state index contributed by atoms with van der Waals surface area (Å²) in [6.07, 6.45) is -1.14. The highest BCUT2D eigenvalue weighted by Gasteiger charge is 2.56. The molecule has 2 unspecified atom stereocenters. The van der Waals surface area contributed by atoms with Crippen molar-refractivity contribution in [2.24, 2.45) is 0 Å². The minimum atomic E-state index is -1.66. The molecule has 0 bridgehead atoms. The summed E-state index contributed by atoms with van der Waals surface area (Å²) >= 11 is 0. The van der Waals surface area contributed by atoms with Crippen LogP contribution in [0.2, 0.25) is 0 Å². The Morgan fingerprint density at radius 1 is 1.10 bits per heavy atom. The second kappa shape index (κ2) is 3.69. The maximum atomic E-state index is 12.4. The molecule has 2 aromatic rings. The van der Waals surface area contributed by atoms with Gasteiger partial charge >= 0.3 is 0 Å². The van der Waals surface area contributed by atoms with Gasteiger partial charge in [-0.05, 0) is 17.2 Å². The first kappa shape index (κ1) is 11.6. The van der Waals surface area contributed by atoms with Crippen LogP contribution in [0.1, 0.15) is 33.2 Å². The van der Waals surface area contributed by atoms with Crippen LogP contribution in [0.4, 0.5) is 0 Å². The summed E-state index contributed by atoms with van der Waals surface area (Å²) in [6, 6.07) is 14.3. The summed E-state index contributed by atoms with van der Waals surface area (Å²) in [5.41, 5.74) is 0.817. The zero-order valence-corrected chi connectivity index (χ0v) is 10.7. The third-order valence-corrected chi connectivity index (χ3v) is 4.27. The van der Waals surface area contributed by atoms with Crippen molar-refractivity contribution in [1.82, 2.24) is 4.90 Å². The van der Waals surface area contributed by atoms with Crippen molar-refractivity contribution in [3.8, 4) is 0 Å². The van der Waals surface area contributed by atoms with Crippen LogP contribution in [0, 0.1) is 0 Å². The largest absolute Gasteiger partial charge is 0.383 e. The third kappa shape index (κ3) is 1.20. The number of carbonyl (C=O) groups excluding carboxylic acids is 1. The zero-order chi connectivity index (χ0) is 13.9. The SMILES string of the molecule is O=C1c2ccccc2C2(O)C(O)c3ccccc3CN12. The van der Waals surface area contributed by atoms with Crippen LogP contribution >= 0.6 is 0 Å². The number of fused-ring (bicyclic) bond motifs is 4. The van der Waals surface area contributed by atoms with Gasteiger partial charge in [-0.1, -0.05) is 42.5 Å². The maximum Gasteiger partial charge on any atom is 0.257 e. The van der Waals surface area contributed by atoms with Crippen molar-refractivity contribution in [3.63, 3.8) is 0 Å². The molecule has 0 saturated carbocycles. The van der Waals surface area contributed by atoms with Crippen molar-refractivity contribution < 1.29 is 15.0 Å². The lowest BCUT2D eigenvalue weighted by Crippen LogP contribution is -2.50. The van der Waals surface area contributed by atoms with Gasteiger partial charge in [0.05, 0.1) is 0 Å². The van der Waals surface area contributed by atoms with E-state index in [0.717, 1.165) is 5.56 Å². The lowest BCUT2D eigenvalue weighted by molar-refractivity contribution is -0.176. The predicted octanol–water partition coefficient (Wildman–Crippen LogP) is 1.53. The Bertz CT molecular complexity index is 727. The van der Waals surface area contributed by atoms with Crippen LogP contribution < -0.4 is 0 Å². The number of aliphatic hydroxyl groups excluding tert-OH is 1. The topological polar surface area (TPSA) is 60.8 Å². The number of aliphatic hydroxyl groups is 2. The van der Waals surface area contributed by atoms with E-state index >= 15 is 0 Å². The fraction of sp³-hybridized carbons (Fsp3) is 0.188. The number of rotatable bonds is 0. The molecule has 2 aliphatic heterocycles. The van der Waals surface area contributed by atoms with Crippen molar-refractivity contribution in [2.75, 3.05) is 0 Å². The van der Waals surface area contributed by atoms with E-state index in [0.29, 0.717) is 23.2 Å². The van der Waals surface area contributed by atoms with E-state index in [1.54, 1.807) is 30.3 Å². The summed E-state index contributed by atoms with van der Waals surface area (Å²) in [6.45, 7) is 0.303. The van der Waals surface area contributed by atoms with Crippen LogP contribution in [0.25, 0.3) is 0 Å². The van der Waals surface area contributed by atoms with Crippen LogP contribution in [0.3, 0.4) is 0 Å². The van der Waals surface area contributed by atoms with Gasteiger partial charge in [0, 0.05) is 17.7 Å². The molecule has 0 saturated heterocycles. The van der Waals surface area contributed by atoms with Crippen molar-refractivity contribution in [1.29, 1.82) is 0 Å². The maximum absolute atomic E-state index is 12.4.